The molecule has 188 valence electrons. The second kappa shape index (κ2) is 10.7. The highest BCUT2D eigenvalue weighted by atomic mass is 35.5. The molecule has 1 aliphatic carbocycles. The zero-order chi connectivity index (χ0) is 24.5. The number of rotatable bonds is 7. The van der Waals surface area contributed by atoms with Crippen LogP contribution in [0, 0.1) is 17.7 Å². The average molecular weight is 519 g/mol. The van der Waals surface area contributed by atoms with Crippen LogP contribution in [0.2, 0.25) is 10.0 Å². The van der Waals surface area contributed by atoms with Gasteiger partial charge in [0.05, 0.1) is 12.2 Å². The van der Waals surface area contributed by atoms with Crippen molar-refractivity contribution < 1.29 is 13.9 Å². The first-order valence-electron chi connectivity index (χ1n) is 12.8. The predicted octanol–water partition coefficient (Wildman–Crippen LogP) is 6.78. The Morgan fingerprint density at radius 1 is 1.00 bits per heavy atom. The van der Waals surface area contributed by atoms with Crippen molar-refractivity contribution in [3.63, 3.8) is 0 Å². The first-order valence-corrected chi connectivity index (χ1v) is 13.5. The van der Waals surface area contributed by atoms with Gasteiger partial charge in [-0.15, -0.1) is 0 Å². The van der Waals surface area contributed by atoms with Crippen LogP contribution < -0.4 is 4.74 Å². The number of carbonyl (C=O) groups is 1. The Bertz CT molecular complexity index is 1060. The van der Waals surface area contributed by atoms with Gasteiger partial charge in [0.1, 0.15) is 11.6 Å². The van der Waals surface area contributed by atoms with E-state index in [1.165, 1.54) is 6.07 Å². The second-order valence-corrected chi connectivity index (χ2v) is 11.5. The molecular formula is C28H33Cl2FN2O2. The number of carbonyl (C=O) groups excluding carboxylic acids is 1. The molecule has 2 aliphatic heterocycles. The van der Waals surface area contributed by atoms with Gasteiger partial charge in [0.2, 0.25) is 0 Å². The summed E-state index contributed by atoms with van der Waals surface area (Å²) in [5.74, 6) is 1.24. The highest BCUT2D eigenvalue weighted by Crippen LogP contribution is 2.45. The maximum atomic E-state index is 15.0. The number of halogens is 3. The molecule has 0 spiro atoms. The third-order valence-corrected chi connectivity index (χ3v) is 8.00. The summed E-state index contributed by atoms with van der Waals surface area (Å²) in [6, 6.07) is 8.92. The molecule has 0 radical (unpaired) electrons. The normalized spacial score (nSPS) is 21.5. The summed E-state index contributed by atoms with van der Waals surface area (Å²) in [6.07, 6.45) is 5.18. The van der Waals surface area contributed by atoms with Crippen molar-refractivity contribution in [1.82, 2.24) is 9.80 Å². The number of likely N-dealkylation sites (tertiary alicyclic amines) is 2. The Kier molecular flexibility index (Phi) is 7.57. The van der Waals surface area contributed by atoms with Gasteiger partial charge in [-0.2, -0.15) is 0 Å². The Morgan fingerprint density at radius 3 is 2.34 bits per heavy atom. The number of nitrogens with zero attached hydrogens (tertiary/aromatic N) is 2. The number of benzene rings is 2. The van der Waals surface area contributed by atoms with Crippen LogP contribution in [0.3, 0.4) is 0 Å². The Labute approximate surface area is 217 Å². The zero-order valence-corrected chi connectivity index (χ0v) is 21.8. The zero-order valence-electron chi connectivity index (χ0n) is 20.2. The molecule has 4 nitrogen and oxygen atoms in total. The molecule has 2 heterocycles. The molecule has 1 saturated carbocycles. The Hall–Kier alpha value is -1.82. The number of hydrogen-bond donors (Lipinski definition) is 0. The van der Waals surface area contributed by atoms with Crippen LogP contribution in [-0.2, 0) is 6.54 Å². The van der Waals surface area contributed by atoms with Crippen molar-refractivity contribution >= 4 is 29.1 Å². The van der Waals surface area contributed by atoms with Gasteiger partial charge in [0, 0.05) is 35.7 Å². The Balaban J connectivity index is 1.18. The highest BCUT2D eigenvalue weighted by molar-refractivity contribution is 6.34. The van der Waals surface area contributed by atoms with Gasteiger partial charge in [0.25, 0.3) is 5.91 Å². The largest absolute Gasteiger partial charge is 0.493 e. The summed E-state index contributed by atoms with van der Waals surface area (Å²) in [5, 5.41) is 1.33. The molecule has 0 N–H and O–H groups in total. The average Bonchev–Trinajstić information content (AvgIpc) is 3.57. The summed E-state index contributed by atoms with van der Waals surface area (Å²) < 4.78 is 21.2. The summed E-state index contributed by atoms with van der Waals surface area (Å²) in [5.41, 5.74) is 2.32. The molecular weight excluding hydrogens is 486 g/mol. The van der Waals surface area contributed by atoms with Crippen molar-refractivity contribution in [2.45, 2.75) is 51.5 Å². The lowest BCUT2D eigenvalue weighted by Gasteiger charge is -2.32. The van der Waals surface area contributed by atoms with E-state index in [0.717, 1.165) is 62.9 Å². The smallest absolute Gasteiger partial charge is 0.256 e. The van der Waals surface area contributed by atoms with Crippen LogP contribution in [0.1, 0.15) is 66.4 Å². The van der Waals surface area contributed by atoms with Gasteiger partial charge in [-0.25, -0.2) is 4.39 Å². The van der Waals surface area contributed by atoms with E-state index in [4.69, 9.17) is 27.9 Å². The van der Waals surface area contributed by atoms with E-state index in [1.54, 1.807) is 17.0 Å². The van der Waals surface area contributed by atoms with Gasteiger partial charge in [-0.3, -0.25) is 9.69 Å². The fraction of sp³-hybridized carbons (Fsp3) is 0.536. The van der Waals surface area contributed by atoms with E-state index < -0.39 is 5.82 Å². The van der Waals surface area contributed by atoms with Crippen LogP contribution >= 0.6 is 23.2 Å². The quantitative estimate of drug-likeness (QED) is 0.404. The van der Waals surface area contributed by atoms with Gasteiger partial charge in [-0.1, -0.05) is 30.1 Å². The lowest BCUT2D eigenvalue weighted by molar-refractivity contribution is 0.0783. The topological polar surface area (TPSA) is 32.8 Å². The molecule has 2 saturated heterocycles. The molecule has 2 aromatic carbocycles. The van der Waals surface area contributed by atoms with Gasteiger partial charge in [0.15, 0.2) is 0 Å². The van der Waals surface area contributed by atoms with Crippen molar-refractivity contribution in [1.29, 1.82) is 0 Å². The van der Waals surface area contributed by atoms with Crippen LogP contribution in [0.5, 0.6) is 5.75 Å². The van der Waals surface area contributed by atoms with E-state index in [9.17, 15) is 4.79 Å². The molecule has 1 amide bonds. The van der Waals surface area contributed by atoms with Crippen molar-refractivity contribution in [2.75, 3.05) is 32.8 Å². The highest BCUT2D eigenvalue weighted by Gasteiger charge is 2.32. The number of piperidine rings is 1. The minimum absolute atomic E-state index is 0.186. The molecule has 1 unspecified atom stereocenters. The molecule has 5 rings (SSSR count). The van der Waals surface area contributed by atoms with Crippen LogP contribution in [0.15, 0.2) is 30.3 Å². The van der Waals surface area contributed by atoms with Crippen LogP contribution in [0.25, 0.3) is 0 Å². The fourth-order valence-corrected chi connectivity index (χ4v) is 5.91. The second-order valence-electron chi connectivity index (χ2n) is 10.6. The predicted molar refractivity (Wildman–Crippen MR) is 138 cm³/mol. The molecule has 7 heteroatoms. The minimum Gasteiger partial charge on any atom is -0.493 e. The van der Waals surface area contributed by atoms with E-state index >= 15 is 4.39 Å². The van der Waals surface area contributed by atoms with Gasteiger partial charge in [-0.05, 0) is 98.3 Å². The van der Waals surface area contributed by atoms with Gasteiger partial charge < -0.3 is 9.64 Å². The van der Waals surface area contributed by atoms with E-state index in [0.29, 0.717) is 53.2 Å². The maximum Gasteiger partial charge on any atom is 0.256 e. The molecule has 0 aromatic heterocycles. The van der Waals surface area contributed by atoms with Crippen LogP contribution in [-0.4, -0.2) is 48.5 Å². The maximum absolute atomic E-state index is 15.0. The summed E-state index contributed by atoms with van der Waals surface area (Å²) in [6.45, 7) is 6.90. The van der Waals surface area contributed by atoms with Crippen LogP contribution in [0.4, 0.5) is 4.39 Å². The first-order chi connectivity index (χ1) is 16.9. The van der Waals surface area contributed by atoms with E-state index in [-0.39, 0.29) is 11.5 Å². The van der Waals surface area contributed by atoms with E-state index in [2.05, 4.69) is 11.8 Å². The van der Waals surface area contributed by atoms with E-state index in [1.807, 2.05) is 12.1 Å². The molecule has 1 atom stereocenters. The lowest BCUT2D eigenvalue weighted by Crippen LogP contribution is -2.35. The number of ether oxygens (including phenoxy) is 1. The molecule has 2 aromatic rings. The molecule has 3 aliphatic rings. The van der Waals surface area contributed by atoms with Gasteiger partial charge >= 0.3 is 0 Å². The summed E-state index contributed by atoms with van der Waals surface area (Å²) >= 11 is 12.3. The third kappa shape index (κ3) is 6.12. The molecule has 3 fully saturated rings. The van der Waals surface area contributed by atoms with Crippen molar-refractivity contribution in [3.05, 3.63) is 62.9 Å². The van der Waals surface area contributed by atoms with Crippen molar-refractivity contribution in [3.8, 4) is 5.75 Å². The Morgan fingerprint density at radius 2 is 1.71 bits per heavy atom. The number of amides is 1. The molecule has 0 bridgehead atoms. The SMILES string of the molecule is CC1CCN(C(=O)c2cc(C3CC3)c(OCC3CCN(Cc4cc(Cl)cc(Cl)c4)CC3)cc2F)C1. The summed E-state index contributed by atoms with van der Waals surface area (Å²) in [4.78, 5) is 17.1. The van der Waals surface area contributed by atoms with Crippen molar-refractivity contribution in [2.24, 2.45) is 11.8 Å². The monoisotopic (exact) mass is 518 g/mol. The lowest BCUT2D eigenvalue weighted by atomic mass is 9.97. The standard InChI is InChI=1S/C28H33Cl2FN2O2/c1-18-4-9-33(15-18)28(34)25-13-24(21-2-3-21)27(14-26(25)31)35-17-19-5-7-32(8-6-19)16-20-10-22(29)12-23(30)11-20/h10-14,18-19,21H,2-9,15-17H2,1H3. The number of hydrogen-bond acceptors (Lipinski definition) is 3. The molecule has 35 heavy (non-hydrogen) atoms. The third-order valence-electron chi connectivity index (χ3n) is 7.57. The first kappa shape index (κ1) is 24.9. The summed E-state index contributed by atoms with van der Waals surface area (Å²) in [7, 11) is 0. The fourth-order valence-electron chi connectivity index (χ4n) is 5.34. The minimum atomic E-state index is -0.469.